The predicted molar refractivity (Wildman–Crippen MR) is 109 cm³/mol. The van der Waals surface area contributed by atoms with E-state index in [4.69, 9.17) is 11.6 Å². The summed E-state index contributed by atoms with van der Waals surface area (Å²) in [5.74, 6) is -1.70. The van der Waals surface area contributed by atoms with Crippen molar-refractivity contribution in [3.05, 3.63) is 53.3 Å². The average Bonchev–Trinajstić information content (AvgIpc) is 3.28. The Labute approximate surface area is 172 Å². The van der Waals surface area contributed by atoms with Crippen LogP contribution in [0.5, 0.6) is 0 Å². The first-order valence-electron chi connectivity index (χ1n) is 9.39. The molecule has 2 aliphatic heterocycles. The molecular formula is C21H19ClFN3O3. The summed E-state index contributed by atoms with van der Waals surface area (Å²) < 4.78 is 14.0. The fourth-order valence-corrected chi connectivity index (χ4v) is 4.02. The minimum atomic E-state index is -0.597. The van der Waals surface area contributed by atoms with Gasteiger partial charge in [0.2, 0.25) is 17.7 Å². The zero-order valence-electron chi connectivity index (χ0n) is 15.5. The first kappa shape index (κ1) is 19.4. The Hall–Kier alpha value is -2.93. The van der Waals surface area contributed by atoms with Crippen molar-refractivity contribution in [3.8, 4) is 0 Å². The standard InChI is InChI=1S/C21H19ClFN3O3/c22-15-11-14(7-8-17(15)25-9-3-6-19(25)27)24-21(29)13-10-20(28)26(12-13)18-5-2-1-4-16(18)23/h1-2,4-5,7-8,11,13H,3,6,9-10,12H2,(H,24,29)/t13-/m1/s1. The van der Waals surface area contributed by atoms with Crippen LogP contribution in [0.15, 0.2) is 42.5 Å². The SMILES string of the molecule is O=C(Nc1ccc(N2CCCC2=O)c(Cl)c1)[C@@H]1CC(=O)N(c2ccccc2F)C1. The van der Waals surface area contributed by atoms with Gasteiger partial charge in [0.05, 0.1) is 22.3 Å². The molecule has 1 atom stereocenters. The van der Waals surface area contributed by atoms with Crippen molar-refractivity contribution < 1.29 is 18.8 Å². The molecule has 0 radical (unpaired) electrons. The number of nitrogens with zero attached hydrogens (tertiary/aromatic N) is 2. The lowest BCUT2D eigenvalue weighted by Crippen LogP contribution is -2.28. The minimum Gasteiger partial charge on any atom is -0.326 e. The van der Waals surface area contributed by atoms with E-state index in [1.54, 1.807) is 35.2 Å². The van der Waals surface area contributed by atoms with Gasteiger partial charge in [0.15, 0.2) is 0 Å². The van der Waals surface area contributed by atoms with E-state index in [2.05, 4.69) is 5.32 Å². The number of para-hydroxylation sites is 1. The molecule has 2 fully saturated rings. The van der Waals surface area contributed by atoms with Crippen molar-refractivity contribution >= 4 is 46.4 Å². The third-order valence-electron chi connectivity index (χ3n) is 5.22. The van der Waals surface area contributed by atoms with Crippen molar-refractivity contribution in [2.75, 3.05) is 28.2 Å². The second kappa shape index (κ2) is 7.83. The zero-order valence-corrected chi connectivity index (χ0v) is 16.3. The average molecular weight is 416 g/mol. The van der Waals surface area contributed by atoms with E-state index in [-0.39, 0.29) is 36.4 Å². The highest BCUT2D eigenvalue weighted by Crippen LogP contribution is 2.32. The summed E-state index contributed by atoms with van der Waals surface area (Å²) in [5.41, 5.74) is 1.27. The molecule has 0 aliphatic carbocycles. The monoisotopic (exact) mass is 415 g/mol. The van der Waals surface area contributed by atoms with Gasteiger partial charge in [-0.3, -0.25) is 14.4 Å². The van der Waals surface area contributed by atoms with Crippen molar-refractivity contribution in [2.45, 2.75) is 19.3 Å². The number of amides is 3. The van der Waals surface area contributed by atoms with E-state index in [0.29, 0.717) is 29.4 Å². The Morgan fingerprint density at radius 3 is 2.55 bits per heavy atom. The van der Waals surface area contributed by atoms with Crippen LogP contribution in [0.1, 0.15) is 19.3 Å². The molecule has 6 nitrogen and oxygen atoms in total. The highest BCUT2D eigenvalue weighted by molar-refractivity contribution is 6.34. The summed E-state index contributed by atoms with van der Waals surface area (Å²) in [7, 11) is 0. The molecule has 29 heavy (non-hydrogen) atoms. The maximum atomic E-state index is 14.0. The normalized spacial score (nSPS) is 19.2. The number of hydrogen-bond donors (Lipinski definition) is 1. The van der Waals surface area contributed by atoms with Gasteiger partial charge in [-0.2, -0.15) is 0 Å². The largest absolute Gasteiger partial charge is 0.326 e. The van der Waals surface area contributed by atoms with Crippen molar-refractivity contribution in [1.82, 2.24) is 0 Å². The van der Waals surface area contributed by atoms with Gasteiger partial charge in [-0.1, -0.05) is 23.7 Å². The van der Waals surface area contributed by atoms with E-state index < -0.39 is 11.7 Å². The van der Waals surface area contributed by atoms with E-state index in [0.717, 1.165) is 6.42 Å². The quantitative estimate of drug-likeness (QED) is 0.829. The Morgan fingerprint density at radius 2 is 1.86 bits per heavy atom. The number of nitrogens with one attached hydrogen (secondary N) is 1. The molecule has 0 unspecified atom stereocenters. The summed E-state index contributed by atoms with van der Waals surface area (Å²) in [6.45, 7) is 0.736. The fraction of sp³-hybridized carbons (Fsp3) is 0.286. The smallest absolute Gasteiger partial charge is 0.229 e. The molecule has 2 aromatic carbocycles. The molecular weight excluding hydrogens is 397 g/mol. The molecule has 1 N–H and O–H groups in total. The molecule has 150 valence electrons. The van der Waals surface area contributed by atoms with Crippen LogP contribution in [0, 0.1) is 11.7 Å². The second-order valence-electron chi connectivity index (χ2n) is 7.16. The molecule has 4 rings (SSSR count). The Bertz CT molecular complexity index is 997. The molecule has 2 heterocycles. The molecule has 2 aromatic rings. The molecule has 2 saturated heterocycles. The Balaban J connectivity index is 1.45. The first-order chi connectivity index (χ1) is 13.9. The number of anilines is 3. The molecule has 0 spiro atoms. The molecule has 0 bridgehead atoms. The summed E-state index contributed by atoms with van der Waals surface area (Å²) in [5, 5.41) is 3.13. The lowest BCUT2D eigenvalue weighted by molar-refractivity contribution is -0.122. The minimum absolute atomic E-state index is 0.00820. The summed E-state index contributed by atoms with van der Waals surface area (Å²) in [4.78, 5) is 39.8. The lowest BCUT2D eigenvalue weighted by atomic mass is 10.1. The van der Waals surface area contributed by atoms with E-state index in [9.17, 15) is 18.8 Å². The number of hydrogen-bond acceptors (Lipinski definition) is 3. The summed E-state index contributed by atoms with van der Waals surface area (Å²) in [6, 6.07) is 11.0. The Kier molecular flexibility index (Phi) is 5.24. The molecule has 0 aromatic heterocycles. The number of carbonyl (C=O) groups is 3. The molecule has 8 heteroatoms. The second-order valence-corrected chi connectivity index (χ2v) is 7.57. The van der Waals surface area contributed by atoms with Crippen LogP contribution in [-0.2, 0) is 14.4 Å². The highest BCUT2D eigenvalue weighted by Gasteiger charge is 2.36. The van der Waals surface area contributed by atoms with Crippen LogP contribution in [0.2, 0.25) is 5.02 Å². The van der Waals surface area contributed by atoms with Crippen LogP contribution in [0.25, 0.3) is 0 Å². The van der Waals surface area contributed by atoms with Crippen LogP contribution < -0.4 is 15.1 Å². The van der Waals surface area contributed by atoms with Gasteiger partial charge >= 0.3 is 0 Å². The lowest BCUT2D eigenvalue weighted by Gasteiger charge is -2.19. The van der Waals surface area contributed by atoms with Crippen LogP contribution in [0.3, 0.4) is 0 Å². The van der Waals surface area contributed by atoms with Gasteiger partial charge in [0, 0.05) is 31.6 Å². The van der Waals surface area contributed by atoms with E-state index >= 15 is 0 Å². The number of benzene rings is 2. The van der Waals surface area contributed by atoms with Crippen molar-refractivity contribution in [3.63, 3.8) is 0 Å². The van der Waals surface area contributed by atoms with Crippen LogP contribution in [0.4, 0.5) is 21.5 Å². The predicted octanol–water partition coefficient (Wildman–Crippen LogP) is 3.60. The third kappa shape index (κ3) is 3.82. The molecule has 3 amide bonds. The summed E-state index contributed by atoms with van der Waals surface area (Å²) in [6.07, 6.45) is 1.30. The van der Waals surface area contributed by atoms with Gasteiger partial charge in [-0.05, 0) is 36.8 Å². The van der Waals surface area contributed by atoms with Gasteiger partial charge in [-0.25, -0.2) is 4.39 Å². The highest BCUT2D eigenvalue weighted by atomic mass is 35.5. The molecule has 0 saturated carbocycles. The maximum Gasteiger partial charge on any atom is 0.229 e. The van der Waals surface area contributed by atoms with Crippen LogP contribution >= 0.6 is 11.6 Å². The van der Waals surface area contributed by atoms with Crippen LogP contribution in [-0.4, -0.2) is 30.8 Å². The fourth-order valence-electron chi connectivity index (χ4n) is 3.74. The Morgan fingerprint density at radius 1 is 1.07 bits per heavy atom. The zero-order chi connectivity index (χ0) is 20.5. The molecule has 2 aliphatic rings. The first-order valence-corrected chi connectivity index (χ1v) is 9.77. The van der Waals surface area contributed by atoms with Gasteiger partial charge < -0.3 is 15.1 Å². The van der Waals surface area contributed by atoms with Gasteiger partial charge in [-0.15, -0.1) is 0 Å². The number of rotatable bonds is 4. The van der Waals surface area contributed by atoms with Crippen molar-refractivity contribution in [2.24, 2.45) is 5.92 Å². The topological polar surface area (TPSA) is 69.7 Å². The summed E-state index contributed by atoms with van der Waals surface area (Å²) >= 11 is 6.31. The van der Waals surface area contributed by atoms with E-state index in [1.165, 1.54) is 17.0 Å². The van der Waals surface area contributed by atoms with E-state index in [1.807, 2.05) is 0 Å². The third-order valence-corrected chi connectivity index (χ3v) is 5.52. The van der Waals surface area contributed by atoms with Crippen molar-refractivity contribution in [1.29, 1.82) is 0 Å². The van der Waals surface area contributed by atoms with Gasteiger partial charge in [0.1, 0.15) is 5.82 Å². The maximum absolute atomic E-state index is 14.0. The van der Waals surface area contributed by atoms with Gasteiger partial charge in [0.25, 0.3) is 0 Å². The number of halogens is 2. The number of carbonyl (C=O) groups excluding carboxylic acids is 3.